The van der Waals surface area contributed by atoms with Crippen LogP contribution in [-0.2, 0) is 8.63 Å². The van der Waals surface area contributed by atoms with Crippen LogP contribution in [0.3, 0.4) is 0 Å². The molecule has 0 aliphatic carbocycles. The van der Waals surface area contributed by atoms with Crippen LogP contribution in [0.25, 0.3) is 0 Å². The van der Waals surface area contributed by atoms with Crippen LogP contribution in [-0.4, -0.2) is 26.3 Å². The van der Waals surface area contributed by atoms with E-state index in [1.165, 1.54) is 22.3 Å². The van der Waals surface area contributed by atoms with Crippen LogP contribution in [0.4, 0.5) is 0 Å². The Bertz CT molecular complexity index is 877. The molecule has 2 heteroatoms. The fraction of sp³-hybridized carbons (Fsp3) is 0.143. The Morgan fingerprint density at radius 1 is 0.367 bits per heavy atom. The van der Waals surface area contributed by atoms with Crippen molar-refractivity contribution in [3.8, 4) is 0 Å². The van der Waals surface area contributed by atoms with Gasteiger partial charge in [-0.15, -0.1) is 0 Å². The molecule has 0 spiro atoms. The molecule has 30 heavy (non-hydrogen) atoms. The molecular formula is C28H26Se2. The maximum absolute atomic E-state index is 2.44. The monoisotopic (exact) mass is 522 g/mol. The standard InChI is InChI=1S/C28H26Se2/c1-27(23-15-7-3-8-16-23,24-17-9-4-10-18-24)29-30-28(2,25-19-11-5-12-20-25)26-21-13-6-14-22-26/h3-22H,1-2H3. The SMILES string of the molecule is CC([Se][Se]C(C)(c1ccccc1)c1ccccc1)(c1ccccc1)c1ccccc1. The Balaban J connectivity index is 1.76. The van der Waals surface area contributed by atoms with Crippen molar-refractivity contribution in [1.82, 2.24) is 0 Å². The second kappa shape index (κ2) is 9.38. The summed E-state index contributed by atoms with van der Waals surface area (Å²) in [6, 6.07) is 44.2. The molecule has 0 aromatic heterocycles. The summed E-state index contributed by atoms with van der Waals surface area (Å²) in [5, 5.41) is 0. The fourth-order valence-electron chi connectivity index (χ4n) is 3.72. The van der Waals surface area contributed by atoms with E-state index < -0.39 is 0 Å². The number of rotatable bonds is 7. The molecule has 4 rings (SSSR count). The molecule has 0 saturated carbocycles. The molecule has 0 saturated heterocycles. The van der Waals surface area contributed by atoms with Gasteiger partial charge in [0.2, 0.25) is 0 Å². The van der Waals surface area contributed by atoms with Gasteiger partial charge in [-0.3, -0.25) is 0 Å². The van der Waals surface area contributed by atoms with E-state index in [4.69, 9.17) is 0 Å². The Labute approximate surface area is 191 Å². The molecule has 0 amide bonds. The first-order valence-corrected chi connectivity index (χ1v) is 16.3. The molecule has 4 aromatic carbocycles. The van der Waals surface area contributed by atoms with Gasteiger partial charge >= 0.3 is 192 Å². The molecule has 0 nitrogen and oxygen atoms in total. The zero-order chi connectivity index (χ0) is 20.9. The predicted octanol–water partition coefficient (Wildman–Crippen LogP) is 6.24. The van der Waals surface area contributed by atoms with Gasteiger partial charge in [-0.05, 0) is 0 Å². The summed E-state index contributed by atoms with van der Waals surface area (Å²) < 4.78 is 0.0840. The van der Waals surface area contributed by atoms with E-state index in [2.05, 4.69) is 135 Å². The Kier molecular flexibility index (Phi) is 6.61. The second-order valence-corrected chi connectivity index (χ2v) is 15.5. The normalized spacial score (nSPS) is 11.9. The Morgan fingerprint density at radius 3 is 0.767 bits per heavy atom. The first-order chi connectivity index (χ1) is 14.6. The van der Waals surface area contributed by atoms with Gasteiger partial charge in [0.25, 0.3) is 0 Å². The van der Waals surface area contributed by atoms with Gasteiger partial charge in [-0.25, -0.2) is 0 Å². The van der Waals surface area contributed by atoms with Gasteiger partial charge in [0.1, 0.15) is 0 Å². The van der Waals surface area contributed by atoms with Crippen molar-refractivity contribution in [2.75, 3.05) is 0 Å². The third kappa shape index (κ3) is 4.34. The van der Waals surface area contributed by atoms with E-state index in [1.54, 1.807) is 0 Å². The molecule has 0 fully saturated rings. The molecule has 0 bridgehead atoms. The molecule has 0 atom stereocenters. The summed E-state index contributed by atoms with van der Waals surface area (Å²) >= 11 is 0.784. The van der Waals surface area contributed by atoms with Gasteiger partial charge in [0, 0.05) is 0 Å². The summed E-state index contributed by atoms with van der Waals surface area (Å²) in [5.74, 6) is 0. The average Bonchev–Trinajstić information content (AvgIpc) is 2.84. The molecule has 0 heterocycles. The van der Waals surface area contributed by atoms with Crippen LogP contribution in [0.15, 0.2) is 121 Å². The van der Waals surface area contributed by atoms with Crippen molar-refractivity contribution in [3.63, 3.8) is 0 Å². The molecule has 4 aromatic rings. The summed E-state index contributed by atoms with van der Waals surface area (Å²) in [4.78, 5) is 0. The van der Waals surface area contributed by atoms with E-state index in [9.17, 15) is 0 Å². The predicted molar refractivity (Wildman–Crippen MR) is 130 cm³/mol. The van der Waals surface area contributed by atoms with Crippen molar-refractivity contribution in [2.45, 2.75) is 22.5 Å². The van der Waals surface area contributed by atoms with Crippen LogP contribution in [0.1, 0.15) is 36.1 Å². The number of hydrogen-bond acceptors (Lipinski definition) is 0. The molecule has 0 N–H and O–H groups in total. The van der Waals surface area contributed by atoms with Crippen LogP contribution in [0.5, 0.6) is 0 Å². The van der Waals surface area contributed by atoms with Crippen molar-refractivity contribution >= 4 is 26.3 Å². The van der Waals surface area contributed by atoms with Gasteiger partial charge in [-0.1, -0.05) is 0 Å². The van der Waals surface area contributed by atoms with Crippen molar-refractivity contribution < 1.29 is 0 Å². The average molecular weight is 520 g/mol. The zero-order valence-electron chi connectivity index (χ0n) is 17.4. The summed E-state index contributed by atoms with van der Waals surface area (Å²) in [6.45, 7) is 4.88. The fourth-order valence-corrected chi connectivity index (χ4v) is 14.2. The minimum absolute atomic E-state index is 0.0420. The van der Waals surface area contributed by atoms with E-state index in [0.717, 1.165) is 0 Å². The van der Waals surface area contributed by atoms with Crippen LogP contribution in [0.2, 0.25) is 0 Å². The molecule has 0 aliphatic heterocycles. The van der Waals surface area contributed by atoms with Crippen molar-refractivity contribution in [1.29, 1.82) is 0 Å². The molecule has 0 unspecified atom stereocenters. The third-order valence-corrected chi connectivity index (χ3v) is 17.4. The van der Waals surface area contributed by atoms with E-state index in [-0.39, 0.29) is 8.63 Å². The molecule has 0 aliphatic rings. The summed E-state index contributed by atoms with van der Waals surface area (Å²) in [6.07, 6.45) is 0. The quantitative estimate of drug-likeness (QED) is 0.253. The van der Waals surface area contributed by atoms with Crippen molar-refractivity contribution in [2.24, 2.45) is 0 Å². The molecule has 0 radical (unpaired) electrons. The second-order valence-electron chi connectivity index (χ2n) is 7.70. The first-order valence-electron chi connectivity index (χ1n) is 10.2. The minimum atomic E-state index is 0.0420. The van der Waals surface area contributed by atoms with Crippen LogP contribution < -0.4 is 0 Å². The van der Waals surface area contributed by atoms with Crippen LogP contribution >= 0.6 is 0 Å². The third-order valence-electron chi connectivity index (χ3n) is 5.67. The number of benzene rings is 4. The maximum atomic E-state index is 2.44. The first kappa shape index (κ1) is 21.2. The van der Waals surface area contributed by atoms with Gasteiger partial charge < -0.3 is 0 Å². The summed E-state index contributed by atoms with van der Waals surface area (Å²) in [7, 11) is 0. The van der Waals surface area contributed by atoms with E-state index >= 15 is 0 Å². The Hall–Kier alpha value is -2.08. The van der Waals surface area contributed by atoms with Gasteiger partial charge in [-0.2, -0.15) is 0 Å². The number of hydrogen-bond donors (Lipinski definition) is 0. The van der Waals surface area contributed by atoms with Crippen molar-refractivity contribution in [3.05, 3.63) is 144 Å². The molecular weight excluding hydrogens is 494 g/mol. The van der Waals surface area contributed by atoms with Gasteiger partial charge in [0.15, 0.2) is 0 Å². The topological polar surface area (TPSA) is 0 Å². The Morgan fingerprint density at radius 2 is 0.567 bits per heavy atom. The van der Waals surface area contributed by atoms with Crippen LogP contribution in [0, 0.1) is 0 Å². The molecule has 150 valence electrons. The van der Waals surface area contributed by atoms with Gasteiger partial charge in [0.05, 0.1) is 0 Å². The summed E-state index contributed by atoms with van der Waals surface area (Å²) in [5.41, 5.74) is 5.67. The van der Waals surface area contributed by atoms with E-state index in [0.29, 0.717) is 26.3 Å². The van der Waals surface area contributed by atoms with E-state index in [1.807, 2.05) is 0 Å². The zero-order valence-corrected chi connectivity index (χ0v) is 20.8.